The van der Waals surface area contributed by atoms with Gasteiger partial charge in [0.25, 0.3) is 0 Å². The van der Waals surface area contributed by atoms with E-state index in [-0.39, 0.29) is 7.92 Å². The summed E-state index contributed by atoms with van der Waals surface area (Å²) in [5, 5.41) is 8.70. The minimum atomic E-state index is 0.0955. The Morgan fingerprint density at radius 3 is 2.05 bits per heavy atom. The van der Waals surface area contributed by atoms with E-state index in [9.17, 15) is 0 Å². The van der Waals surface area contributed by atoms with Crippen molar-refractivity contribution in [3.05, 3.63) is 11.9 Å². The quantitative estimate of drug-likeness (QED) is 0.721. The van der Waals surface area contributed by atoms with Gasteiger partial charge in [-0.15, -0.1) is 5.10 Å². The number of aromatic nitrogens is 3. The Hall–Kier alpha value is -0.430. The van der Waals surface area contributed by atoms with E-state index in [1.807, 2.05) is 0 Å². The van der Waals surface area contributed by atoms with Crippen LogP contribution in [0.1, 0.15) is 76.8 Å². The smallest absolute Gasteiger partial charge is 0.0824 e. The fourth-order valence-electron chi connectivity index (χ4n) is 4.09. The molecule has 1 aromatic heterocycles. The molecule has 3 rings (SSSR count). The highest BCUT2D eigenvalue weighted by atomic mass is 31.1. The molecule has 0 saturated heterocycles. The topological polar surface area (TPSA) is 30.7 Å². The van der Waals surface area contributed by atoms with E-state index < -0.39 is 0 Å². The van der Waals surface area contributed by atoms with Crippen LogP contribution >= 0.6 is 7.92 Å². The Kier molecular flexibility index (Phi) is 5.68. The summed E-state index contributed by atoms with van der Waals surface area (Å²) in [5.74, 6) is 0. The maximum Gasteiger partial charge on any atom is 0.0824 e. The molecule has 0 amide bonds. The van der Waals surface area contributed by atoms with Crippen LogP contribution in [0.15, 0.2) is 6.20 Å². The van der Waals surface area contributed by atoms with Crippen LogP contribution in [0.2, 0.25) is 0 Å². The molecule has 0 aliphatic heterocycles. The summed E-state index contributed by atoms with van der Waals surface area (Å²) in [5.41, 5.74) is 3.16. The van der Waals surface area contributed by atoms with Crippen LogP contribution in [0.25, 0.3) is 0 Å². The summed E-state index contributed by atoms with van der Waals surface area (Å²) in [4.78, 5) is 0. The number of aryl methyl sites for hydroxylation is 1. The lowest BCUT2D eigenvalue weighted by Crippen LogP contribution is -2.23. The average Bonchev–Trinajstić information content (AvgIpc) is 3.02. The van der Waals surface area contributed by atoms with Crippen molar-refractivity contribution in [2.45, 2.75) is 95.2 Å². The molecule has 2 saturated carbocycles. The summed E-state index contributed by atoms with van der Waals surface area (Å²) in [7, 11) is 0.0955. The lowest BCUT2D eigenvalue weighted by atomic mass is 9.99. The molecule has 0 atom stereocenters. The first-order valence-electron chi connectivity index (χ1n) is 9.01. The summed E-state index contributed by atoms with van der Waals surface area (Å²) in [6.45, 7) is 2.17. The van der Waals surface area contributed by atoms with Crippen molar-refractivity contribution in [2.24, 2.45) is 0 Å². The van der Waals surface area contributed by atoms with Crippen LogP contribution in [-0.2, 0) is 12.7 Å². The van der Waals surface area contributed by atoms with E-state index in [1.54, 1.807) is 0 Å². The van der Waals surface area contributed by atoms with Crippen LogP contribution in [-0.4, -0.2) is 26.3 Å². The molecular formula is C17H30N3P. The molecule has 2 aliphatic carbocycles. The normalized spacial score (nSPS) is 22.0. The van der Waals surface area contributed by atoms with Gasteiger partial charge < -0.3 is 0 Å². The number of hydrogen-bond acceptors (Lipinski definition) is 2. The van der Waals surface area contributed by atoms with Gasteiger partial charge in [-0.05, 0) is 43.4 Å². The zero-order valence-corrected chi connectivity index (χ0v) is 14.4. The maximum atomic E-state index is 4.40. The summed E-state index contributed by atoms with van der Waals surface area (Å²) in [6, 6.07) is 0. The highest BCUT2D eigenvalue weighted by Gasteiger charge is 2.31. The molecule has 0 radical (unpaired) electrons. The number of nitrogens with zero attached hydrogens (tertiary/aromatic N) is 3. The highest BCUT2D eigenvalue weighted by molar-refractivity contribution is 7.58. The molecule has 4 heteroatoms. The molecule has 2 fully saturated rings. The van der Waals surface area contributed by atoms with Gasteiger partial charge in [0.1, 0.15) is 0 Å². The van der Waals surface area contributed by atoms with Crippen molar-refractivity contribution >= 4 is 7.92 Å². The molecule has 1 heterocycles. The molecule has 118 valence electrons. The number of rotatable bonds is 5. The molecule has 1 aromatic rings. The van der Waals surface area contributed by atoms with Crippen LogP contribution in [0.5, 0.6) is 0 Å². The molecular weight excluding hydrogens is 277 g/mol. The zero-order chi connectivity index (χ0) is 14.5. The third-order valence-corrected chi connectivity index (χ3v) is 8.87. The van der Waals surface area contributed by atoms with Crippen molar-refractivity contribution in [1.82, 2.24) is 15.0 Å². The van der Waals surface area contributed by atoms with E-state index in [2.05, 4.69) is 28.1 Å². The molecule has 3 nitrogen and oxygen atoms in total. The molecule has 0 unspecified atom stereocenters. The van der Waals surface area contributed by atoms with Crippen LogP contribution < -0.4 is 0 Å². The third-order valence-electron chi connectivity index (χ3n) is 5.34. The van der Waals surface area contributed by atoms with Crippen molar-refractivity contribution in [1.29, 1.82) is 0 Å². The fourth-order valence-corrected chi connectivity index (χ4v) is 7.68. The van der Waals surface area contributed by atoms with Gasteiger partial charge >= 0.3 is 0 Å². The van der Waals surface area contributed by atoms with E-state index >= 15 is 0 Å². The van der Waals surface area contributed by atoms with E-state index in [0.29, 0.717) is 0 Å². The minimum Gasteiger partial charge on any atom is -0.248 e. The zero-order valence-electron chi connectivity index (χ0n) is 13.5. The molecule has 0 bridgehead atoms. The number of hydrogen-bond donors (Lipinski definition) is 0. The van der Waals surface area contributed by atoms with Crippen molar-refractivity contribution in [3.63, 3.8) is 0 Å². The first kappa shape index (κ1) is 15.5. The van der Waals surface area contributed by atoms with Gasteiger partial charge in [0.2, 0.25) is 0 Å². The van der Waals surface area contributed by atoms with Gasteiger partial charge in [-0.3, -0.25) is 0 Å². The third kappa shape index (κ3) is 4.06. The summed E-state index contributed by atoms with van der Waals surface area (Å²) >= 11 is 0. The minimum absolute atomic E-state index is 0.0955. The maximum absolute atomic E-state index is 4.40. The largest absolute Gasteiger partial charge is 0.248 e. The lowest BCUT2D eigenvalue weighted by molar-refractivity contribution is 0.479. The predicted octanol–water partition coefficient (Wildman–Crippen LogP) is 4.95. The fraction of sp³-hybridized carbons (Fsp3) is 0.882. The SMILES string of the molecule is CCc1cn(CP(C2CCCCC2)C2CCCCC2)nn1. The van der Waals surface area contributed by atoms with Crippen molar-refractivity contribution in [2.75, 3.05) is 0 Å². The second kappa shape index (κ2) is 7.72. The highest BCUT2D eigenvalue weighted by Crippen LogP contribution is 2.56. The van der Waals surface area contributed by atoms with Crippen molar-refractivity contribution < 1.29 is 0 Å². The van der Waals surface area contributed by atoms with Gasteiger partial charge in [-0.1, -0.05) is 58.6 Å². The standard InChI is InChI=1S/C17H30N3P/c1-2-15-13-20(19-18-15)14-21(16-9-5-3-6-10-16)17-11-7-4-8-12-17/h13,16-17H,2-12,14H2,1H3. The monoisotopic (exact) mass is 307 g/mol. The second-order valence-electron chi connectivity index (χ2n) is 6.84. The Labute approximate surface area is 130 Å². The first-order chi connectivity index (χ1) is 10.4. The van der Waals surface area contributed by atoms with Gasteiger partial charge in [0.15, 0.2) is 0 Å². The van der Waals surface area contributed by atoms with Crippen LogP contribution in [0.3, 0.4) is 0 Å². The molecule has 0 spiro atoms. The van der Waals surface area contributed by atoms with E-state index in [0.717, 1.165) is 23.4 Å². The lowest BCUT2D eigenvalue weighted by Gasteiger charge is -2.38. The summed E-state index contributed by atoms with van der Waals surface area (Å²) in [6.07, 6.45) is 19.1. The van der Waals surface area contributed by atoms with Crippen molar-refractivity contribution in [3.8, 4) is 0 Å². The average molecular weight is 307 g/mol. The predicted molar refractivity (Wildman–Crippen MR) is 90.1 cm³/mol. The van der Waals surface area contributed by atoms with E-state index in [4.69, 9.17) is 0 Å². The molecule has 0 N–H and O–H groups in total. The summed E-state index contributed by atoms with van der Waals surface area (Å²) < 4.78 is 2.17. The Morgan fingerprint density at radius 1 is 1.00 bits per heavy atom. The Bertz CT molecular complexity index is 401. The van der Waals surface area contributed by atoms with Gasteiger partial charge in [0, 0.05) is 6.20 Å². The van der Waals surface area contributed by atoms with Crippen LogP contribution in [0, 0.1) is 0 Å². The Morgan fingerprint density at radius 2 is 1.57 bits per heavy atom. The second-order valence-corrected chi connectivity index (χ2v) is 9.61. The van der Waals surface area contributed by atoms with Gasteiger partial charge in [0.05, 0.1) is 12.0 Å². The first-order valence-corrected chi connectivity index (χ1v) is 10.7. The Balaban J connectivity index is 1.70. The molecule has 0 aromatic carbocycles. The van der Waals surface area contributed by atoms with Gasteiger partial charge in [-0.2, -0.15) is 0 Å². The van der Waals surface area contributed by atoms with Gasteiger partial charge in [-0.25, -0.2) is 4.68 Å². The molecule has 2 aliphatic rings. The molecule has 21 heavy (non-hydrogen) atoms. The van der Waals surface area contributed by atoms with Crippen LogP contribution in [0.4, 0.5) is 0 Å². The van der Waals surface area contributed by atoms with E-state index in [1.165, 1.54) is 70.5 Å².